The van der Waals surface area contributed by atoms with Crippen LogP contribution in [-0.2, 0) is 18.3 Å². The summed E-state index contributed by atoms with van der Waals surface area (Å²) >= 11 is 9.82. The predicted octanol–water partition coefficient (Wildman–Crippen LogP) is 7.01. The van der Waals surface area contributed by atoms with Gasteiger partial charge in [-0.25, -0.2) is 9.78 Å². The number of anilines is 3. The minimum Gasteiger partial charge on any atom is -0.444 e. The molecule has 0 bridgehead atoms. The number of alkyl carbamates (subject to hydrolysis) is 1. The van der Waals surface area contributed by atoms with Crippen LogP contribution >= 0.6 is 27.5 Å². The van der Waals surface area contributed by atoms with Gasteiger partial charge in [0.15, 0.2) is 0 Å². The van der Waals surface area contributed by atoms with Gasteiger partial charge >= 0.3 is 6.09 Å². The highest BCUT2D eigenvalue weighted by molar-refractivity contribution is 9.10. The molecule has 3 aromatic carbocycles. The molecule has 0 aliphatic rings. The molecule has 10 heteroatoms. The van der Waals surface area contributed by atoms with Gasteiger partial charge in [-0.2, -0.15) is 0 Å². The molecule has 4 aromatic rings. The Balaban J connectivity index is 1.50. The van der Waals surface area contributed by atoms with Crippen LogP contribution in [0.5, 0.6) is 0 Å². The largest absolute Gasteiger partial charge is 0.444 e. The number of fused-ring (bicyclic) bond motifs is 1. The van der Waals surface area contributed by atoms with Crippen LogP contribution in [0.15, 0.2) is 65.1 Å². The molecule has 0 saturated heterocycles. The molecule has 37 heavy (non-hydrogen) atoms. The molecule has 1 heterocycles. The number of carbonyl (C=O) groups is 2. The number of rotatable bonds is 6. The van der Waals surface area contributed by atoms with Crippen molar-refractivity contribution in [3.05, 3.63) is 81.3 Å². The van der Waals surface area contributed by atoms with E-state index >= 15 is 0 Å². The predicted molar refractivity (Wildman–Crippen MR) is 151 cm³/mol. The second-order valence-corrected chi connectivity index (χ2v) is 10.8. The molecule has 8 nitrogen and oxygen atoms in total. The highest BCUT2D eigenvalue weighted by Gasteiger charge is 2.17. The van der Waals surface area contributed by atoms with Crippen molar-refractivity contribution in [3.63, 3.8) is 0 Å². The van der Waals surface area contributed by atoms with E-state index in [9.17, 15) is 9.59 Å². The number of hydrogen-bond donors (Lipinski definition) is 3. The Kier molecular flexibility index (Phi) is 7.75. The topological polar surface area (TPSA) is 97.3 Å². The van der Waals surface area contributed by atoms with Gasteiger partial charge in [0.25, 0.3) is 5.91 Å². The Morgan fingerprint density at radius 2 is 1.78 bits per heavy atom. The zero-order valence-electron chi connectivity index (χ0n) is 20.9. The SMILES string of the molecule is Cn1c(Nc2cc(CNC(=O)OC(C)(C)C)ccc2Cl)nc2cc(C(=O)Nc3ccc(Br)cc3)ccc21. The summed E-state index contributed by atoms with van der Waals surface area (Å²) in [6, 6.07) is 18.2. The van der Waals surface area contributed by atoms with E-state index in [1.165, 1.54) is 0 Å². The van der Waals surface area contributed by atoms with Gasteiger partial charge < -0.3 is 25.3 Å². The fourth-order valence-electron chi connectivity index (χ4n) is 3.58. The van der Waals surface area contributed by atoms with E-state index in [1.807, 2.05) is 74.9 Å². The third kappa shape index (κ3) is 6.81. The fraction of sp³-hybridized carbons (Fsp3) is 0.222. The second-order valence-electron chi connectivity index (χ2n) is 9.45. The lowest BCUT2D eigenvalue weighted by Gasteiger charge is -2.19. The van der Waals surface area contributed by atoms with Gasteiger partial charge in [-0.15, -0.1) is 0 Å². The van der Waals surface area contributed by atoms with E-state index < -0.39 is 11.7 Å². The van der Waals surface area contributed by atoms with Crippen LogP contribution < -0.4 is 16.0 Å². The monoisotopic (exact) mass is 583 g/mol. The summed E-state index contributed by atoms with van der Waals surface area (Å²) in [5.74, 6) is 0.331. The van der Waals surface area contributed by atoms with E-state index in [4.69, 9.17) is 16.3 Å². The Labute approximate surface area is 228 Å². The number of nitrogens with one attached hydrogen (secondary N) is 3. The van der Waals surface area contributed by atoms with Crippen molar-refractivity contribution in [1.82, 2.24) is 14.9 Å². The van der Waals surface area contributed by atoms with Crippen molar-refractivity contribution in [2.75, 3.05) is 10.6 Å². The minimum absolute atomic E-state index is 0.224. The van der Waals surface area contributed by atoms with Crippen LogP contribution in [-0.4, -0.2) is 27.2 Å². The number of carbonyl (C=O) groups excluding carboxylic acids is 2. The minimum atomic E-state index is -0.573. The maximum Gasteiger partial charge on any atom is 0.407 e. The number of aryl methyl sites for hydroxylation is 1. The summed E-state index contributed by atoms with van der Waals surface area (Å²) in [4.78, 5) is 29.4. The lowest BCUT2D eigenvalue weighted by molar-refractivity contribution is 0.0523. The highest BCUT2D eigenvalue weighted by Crippen LogP contribution is 2.28. The summed E-state index contributed by atoms with van der Waals surface area (Å²) in [7, 11) is 1.88. The van der Waals surface area contributed by atoms with Crippen molar-refractivity contribution in [2.24, 2.45) is 7.05 Å². The molecule has 3 N–H and O–H groups in total. The normalized spacial score (nSPS) is 11.3. The van der Waals surface area contributed by atoms with Crippen molar-refractivity contribution >= 4 is 67.9 Å². The van der Waals surface area contributed by atoms with Gasteiger partial charge in [0.05, 0.1) is 21.7 Å². The molecule has 0 aliphatic carbocycles. The molecule has 0 unspecified atom stereocenters. The van der Waals surface area contributed by atoms with Gasteiger partial charge in [-0.1, -0.05) is 33.6 Å². The molecular formula is C27H27BrClN5O3. The number of nitrogens with zero attached hydrogens (tertiary/aromatic N) is 2. The summed E-state index contributed by atoms with van der Waals surface area (Å²) < 4.78 is 8.11. The van der Waals surface area contributed by atoms with Crippen LogP contribution in [0.25, 0.3) is 11.0 Å². The number of imidazole rings is 1. The Hall–Kier alpha value is -3.56. The molecule has 4 rings (SSSR count). The first-order valence-corrected chi connectivity index (χ1v) is 12.7. The van der Waals surface area contributed by atoms with Gasteiger partial charge in [0.1, 0.15) is 5.60 Å². The first-order chi connectivity index (χ1) is 17.5. The third-order valence-electron chi connectivity index (χ3n) is 5.36. The van der Waals surface area contributed by atoms with Gasteiger partial charge in [-0.3, -0.25) is 4.79 Å². The molecule has 192 valence electrons. The standard InChI is InChI=1S/C27H27BrClN5O3/c1-27(2,3)37-26(36)30-15-16-5-11-20(29)21(13-16)32-25-33-22-14-17(6-12-23(22)34(25)4)24(35)31-19-9-7-18(28)8-10-19/h5-14H,15H2,1-4H3,(H,30,36)(H,31,35)(H,32,33). The molecule has 0 aliphatic heterocycles. The Morgan fingerprint density at radius 3 is 2.49 bits per heavy atom. The summed E-state index contributed by atoms with van der Waals surface area (Å²) in [5.41, 5.74) is 3.60. The number of aromatic nitrogens is 2. The molecule has 0 fully saturated rings. The highest BCUT2D eigenvalue weighted by atomic mass is 79.9. The molecule has 0 spiro atoms. The van der Waals surface area contributed by atoms with Crippen molar-refractivity contribution in [1.29, 1.82) is 0 Å². The summed E-state index contributed by atoms with van der Waals surface area (Å²) in [6.45, 7) is 5.71. The van der Waals surface area contributed by atoms with Crippen molar-refractivity contribution < 1.29 is 14.3 Å². The lowest BCUT2D eigenvalue weighted by Crippen LogP contribution is -2.32. The van der Waals surface area contributed by atoms with Crippen LogP contribution in [0.3, 0.4) is 0 Å². The molecule has 0 saturated carbocycles. The fourth-order valence-corrected chi connectivity index (χ4v) is 4.01. The maximum absolute atomic E-state index is 12.8. The number of ether oxygens (including phenoxy) is 1. The van der Waals surface area contributed by atoms with E-state index in [0.717, 1.165) is 15.6 Å². The van der Waals surface area contributed by atoms with Crippen LogP contribution in [0.2, 0.25) is 5.02 Å². The molecule has 2 amide bonds. The molecule has 0 radical (unpaired) electrons. The molecule has 1 aromatic heterocycles. The average molecular weight is 585 g/mol. The van der Waals surface area contributed by atoms with Gasteiger partial charge in [0.2, 0.25) is 5.95 Å². The van der Waals surface area contributed by atoms with Crippen LogP contribution in [0.1, 0.15) is 36.7 Å². The smallest absolute Gasteiger partial charge is 0.407 e. The van der Waals surface area contributed by atoms with Crippen LogP contribution in [0, 0.1) is 0 Å². The van der Waals surface area contributed by atoms with Crippen molar-refractivity contribution in [2.45, 2.75) is 32.9 Å². The Morgan fingerprint density at radius 1 is 1.05 bits per heavy atom. The zero-order valence-corrected chi connectivity index (χ0v) is 23.2. The van der Waals surface area contributed by atoms with Gasteiger partial charge in [-0.05, 0) is 80.9 Å². The number of hydrogen-bond acceptors (Lipinski definition) is 5. The lowest BCUT2D eigenvalue weighted by atomic mass is 10.2. The number of amides is 2. The molecule has 0 atom stereocenters. The number of benzene rings is 3. The number of halogens is 2. The third-order valence-corrected chi connectivity index (χ3v) is 6.22. The molecular weight excluding hydrogens is 558 g/mol. The van der Waals surface area contributed by atoms with Crippen molar-refractivity contribution in [3.8, 4) is 0 Å². The van der Waals surface area contributed by atoms with Crippen LogP contribution in [0.4, 0.5) is 22.1 Å². The van der Waals surface area contributed by atoms with E-state index in [1.54, 1.807) is 18.2 Å². The van der Waals surface area contributed by atoms with E-state index in [0.29, 0.717) is 33.4 Å². The van der Waals surface area contributed by atoms with E-state index in [2.05, 4.69) is 36.9 Å². The first kappa shape index (κ1) is 26.5. The average Bonchev–Trinajstić information content (AvgIpc) is 3.14. The first-order valence-electron chi connectivity index (χ1n) is 11.5. The summed E-state index contributed by atoms with van der Waals surface area (Å²) in [5, 5.41) is 9.40. The zero-order chi connectivity index (χ0) is 26.7. The quantitative estimate of drug-likeness (QED) is 0.226. The Bertz CT molecular complexity index is 1460. The van der Waals surface area contributed by atoms with Gasteiger partial charge in [0, 0.05) is 29.3 Å². The summed E-state index contributed by atoms with van der Waals surface area (Å²) in [6.07, 6.45) is -0.493. The maximum atomic E-state index is 12.8. The second kappa shape index (κ2) is 10.8. The van der Waals surface area contributed by atoms with E-state index in [-0.39, 0.29) is 12.5 Å².